The number of fused-ring (bicyclic) bond motifs is 2. The van der Waals surface area contributed by atoms with E-state index in [9.17, 15) is 9.59 Å². The molecular weight excluding hydrogens is 220 g/mol. The van der Waals surface area contributed by atoms with Crippen LogP contribution in [-0.2, 0) is 9.59 Å². The number of thioether (sulfide) groups is 2. The number of nitrogens with zero attached hydrogens (tertiary/aromatic N) is 2. The van der Waals surface area contributed by atoms with Gasteiger partial charge in [-0.25, -0.2) is 0 Å². The minimum absolute atomic E-state index is 0.157. The summed E-state index contributed by atoms with van der Waals surface area (Å²) in [6.07, 6.45) is 0. The van der Waals surface area contributed by atoms with E-state index < -0.39 is 0 Å². The van der Waals surface area contributed by atoms with Crippen molar-refractivity contribution in [1.29, 1.82) is 0 Å². The summed E-state index contributed by atoms with van der Waals surface area (Å²) >= 11 is 3.35. The molecule has 0 N–H and O–H groups in total. The summed E-state index contributed by atoms with van der Waals surface area (Å²) < 4.78 is 0. The Morgan fingerprint density at radius 1 is 0.929 bits per heavy atom. The molecule has 3 heterocycles. The van der Waals surface area contributed by atoms with E-state index in [-0.39, 0.29) is 23.9 Å². The van der Waals surface area contributed by atoms with Crippen LogP contribution in [0.2, 0.25) is 0 Å². The number of amides is 2. The summed E-state index contributed by atoms with van der Waals surface area (Å²) in [7, 11) is 0. The lowest BCUT2D eigenvalue weighted by molar-refractivity contribution is -0.155. The second-order valence-electron chi connectivity index (χ2n) is 3.65. The van der Waals surface area contributed by atoms with Crippen molar-refractivity contribution in [3.63, 3.8) is 0 Å². The fourth-order valence-corrected chi connectivity index (χ4v) is 4.42. The molecule has 76 valence electrons. The molecule has 3 saturated heterocycles. The largest absolute Gasteiger partial charge is 0.319 e. The molecule has 6 heteroatoms. The molecule has 0 aromatic heterocycles. The number of piperazine rings is 1. The van der Waals surface area contributed by atoms with E-state index in [0.717, 1.165) is 11.5 Å². The molecule has 0 aromatic rings. The van der Waals surface area contributed by atoms with Gasteiger partial charge >= 0.3 is 0 Å². The Bertz CT molecular complexity index is 256. The fraction of sp³-hybridized carbons (Fsp3) is 0.750. The average Bonchev–Trinajstić information content (AvgIpc) is 2.82. The van der Waals surface area contributed by atoms with Gasteiger partial charge in [-0.2, -0.15) is 0 Å². The standard InChI is InChI=1S/C8H10N2O2S2/c11-7-5-1-13-3-9(5)8(12)6-2-14-4-10(6)7/h5-6H,1-4H2/t5-,6-/m1/s1. The molecule has 0 radical (unpaired) electrons. The van der Waals surface area contributed by atoms with Crippen LogP contribution in [0.4, 0.5) is 0 Å². The number of carbonyl (C=O) groups excluding carboxylic acids is 2. The van der Waals surface area contributed by atoms with Gasteiger partial charge < -0.3 is 9.80 Å². The van der Waals surface area contributed by atoms with Gasteiger partial charge in [0.05, 0.1) is 11.8 Å². The van der Waals surface area contributed by atoms with Crippen molar-refractivity contribution in [2.24, 2.45) is 0 Å². The topological polar surface area (TPSA) is 40.6 Å². The molecule has 3 aliphatic heterocycles. The van der Waals surface area contributed by atoms with Crippen molar-refractivity contribution in [2.75, 3.05) is 23.3 Å². The van der Waals surface area contributed by atoms with E-state index in [4.69, 9.17) is 0 Å². The van der Waals surface area contributed by atoms with E-state index in [1.165, 1.54) is 0 Å². The van der Waals surface area contributed by atoms with Crippen molar-refractivity contribution >= 4 is 35.3 Å². The van der Waals surface area contributed by atoms with Gasteiger partial charge in [0.25, 0.3) is 0 Å². The predicted octanol–water partition coefficient (Wildman–Crippen LogP) is -0.197. The summed E-state index contributed by atoms with van der Waals surface area (Å²) in [4.78, 5) is 27.4. The van der Waals surface area contributed by atoms with Crippen LogP contribution in [0.25, 0.3) is 0 Å². The first-order valence-electron chi connectivity index (χ1n) is 4.55. The zero-order valence-corrected chi connectivity index (χ0v) is 9.14. The van der Waals surface area contributed by atoms with Crippen LogP contribution in [0.1, 0.15) is 0 Å². The minimum Gasteiger partial charge on any atom is -0.319 e. The van der Waals surface area contributed by atoms with Gasteiger partial charge in [-0.15, -0.1) is 23.5 Å². The van der Waals surface area contributed by atoms with Gasteiger partial charge in [-0.3, -0.25) is 9.59 Å². The molecule has 0 spiro atoms. The number of carbonyl (C=O) groups is 2. The van der Waals surface area contributed by atoms with Crippen molar-refractivity contribution in [3.8, 4) is 0 Å². The molecule has 0 unspecified atom stereocenters. The number of hydrogen-bond donors (Lipinski definition) is 0. The van der Waals surface area contributed by atoms with Crippen molar-refractivity contribution in [3.05, 3.63) is 0 Å². The molecule has 3 aliphatic rings. The van der Waals surface area contributed by atoms with E-state index in [0.29, 0.717) is 11.8 Å². The maximum absolute atomic E-state index is 11.9. The van der Waals surface area contributed by atoms with Gasteiger partial charge in [0.2, 0.25) is 11.8 Å². The summed E-state index contributed by atoms with van der Waals surface area (Å²) in [5.41, 5.74) is 0. The normalized spacial score (nSPS) is 36.3. The number of rotatable bonds is 0. The van der Waals surface area contributed by atoms with E-state index in [2.05, 4.69) is 0 Å². The Morgan fingerprint density at radius 2 is 1.36 bits per heavy atom. The van der Waals surface area contributed by atoms with E-state index in [1.54, 1.807) is 33.3 Å². The second-order valence-corrected chi connectivity index (χ2v) is 5.65. The molecule has 4 nitrogen and oxygen atoms in total. The smallest absolute Gasteiger partial charge is 0.247 e. The zero-order valence-electron chi connectivity index (χ0n) is 7.51. The van der Waals surface area contributed by atoms with Gasteiger partial charge in [0.1, 0.15) is 12.1 Å². The minimum atomic E-state index is -0.164. The summed E-state index contributed by atoms with van der Waals surface area (Å²) in [6.45, 7) is 0. The highest BCUT2D eigenvalue weighted by Gasteiger charge is 2.49. The molecule has 0 aromatic carbocycles. The van der Waals surface area contributed by atoms with Crippen LogP contribution in [0.15, 0.2) is 0 Å². The maximum atomic E-state index is 11.9. The van der Waals surface area contributed by atoms with Crippen LogP contribution < -0.4 is 0 Å². The maximum Gasteiger partial charge on any atom is 0.247 e. The first-order valence-corrected chi connectivity index (χ1v) is 6.86. The third-order valence-electron chi connectivity index (χ3n) is 2.90. The zero-order chi connectivity index (χ0) is 9.71. The Morgan fingerprint density at radius 3 is 1.79 bits per heavy atom. The van der Waals surface area contributed by atoms with Crippen molar-refractivity contribution < 1.29 is 9.59 Å². The molecule has 14 heavy (non-hydrogen) atoms. The Kier molecular flexibility index (Phi) is 1.95. The van der Waals surface area contributed by atoms with Crippen LogP contribution in [-0.4, -0.2) is 57.0 Å². The van der Waals surface area contributed by atoms with Crippen molar-refractivity contribution in [2.45, 2.75) is 12.1 Å². The average molecular weight is 230 g/mol. The SMILES string of the molecule is O=C1[C@H]2CSCN2C(=O)[C@H]2CSCN12. The monoisotopic (exact) mass is 230 g/mol. The highest BCUT2D eigenvalue weighted by Crippen LogP contribution is 2.33. The van der Waals surface area contributed by atoms with Crippen LogP contribution in [0.3, 0.4) is 0 Å². The Hall–Kier alpha value is -0.360. The van der Waals surface area contributed by atoms with Crippen LogP contribution in [0.5, 0.6) is 0 Å². The molecule has 0 bridgehead atoms. The van der Waals surface area contributed by atoms with Gasteiger partial charge in [-0.1, -0.05) is 0 Å². The Balaban J connectivity index is 1.96. The molecule has 2 atom stereocenters. The number of hydrogen-bond acceptors (Lipinski definition) is 4. The second kappa shape index (κ2) is 3.06. The van der Waals surface area contributed by atoms with Crippen LogP contribution >= 0.6 is 23.5 Å². The van der Waals surface area contributed by atoms with E-state index in [1.807, 2.05) is 0 Å². The lowest BCUT2D eigenvalue weighted by atomic mass is 10.1. The van der Waals surface area contributed by atoms with Gasteiger partial charge in [0, 0.05) is 11.5 Å². The van der Waals surface area contributed by atoms with E-state index >= 15 is 0 Å². The van der Waals surface area contributed by atoms with Crippen molar-refractivity contribution in [1.82, 2.24) is 9.80 Å². The third kappa shape index (κ3) is 1.04. The molecule has 0 aliphatic carbocycles. The first-order chi connectivity index (χ1) is 6.79. The highest BCUT2D eigenvalue weighted by atomic mass is 32.2. The third-order valence-corrected chi connectivity index (χ3v) is 4.93. The lowest BCUT2D eigenvalue weighted by Crippen LogP contribution is -2.61. The Labute approximate surface area is 90.4 Å². The van der Waals surface area contributed by atoms with Gasteiger partial charge in [-0.05, 0) is 0 Å². The van der Waals surface area contributed by atoms with Gasteiger partial charge in [0.15, 0.2) is 0 Å². The fourth-order valence-electron chi connectivity index (χ4n) is 2.11. The summed E-state index contributed by atoms with van der Waals surface area (Å²) in [6, 6.07) is -0.329. The molecule has 2 amide bonds. The summed E-state index contributed by atoms with van der Waals surface area (Å²) in [5, 5.41) is 0. The molecule has 3 fully saturated rings. The lowest BCUT2D eigenvalue weighted by Gasteiger charge is -2.37. The quantitative estimate of drug-likeness (QED) is 0.578. The van der Waals surface area contributed by atoms with Crippen LogP contribution in [0, 0.1) is 0 Å². The molecule has 3 rings (SSSR count). The predicted molar refractivity (Wildman–Crippen MR) is 55.9 cm³/mol. The summed E-state index contributed by atoms with van der Waals surface area (Å²) in [5.74, 6) is 3.26. The first kappa shape index (κ1) is 8.91. The molecule has 0 saturated carbocycles. The molecular formula is C8H10N2O2S2. The highest BCUT2D eigenvalue weighted by molar-refractivity contribution is 7.99.